The lowest BCUT2D eigenvalue weighted by Gasteiger charge is -2.20. The second-order valence-corrected chi connectivity index (χ2v) is 8.87. The normalized spacial score (nSPS) is 13.5. The van der Waals surface area contributed by atoms with E-state index in [0.29, 0.717) is 11.8 Å². The van der Waals surface area contributed by atoms with Crippen molar-refractivity contribution in [3.8, 4) is 11.5 Å². The fourth-order valence-corrected chi connectivity index (χ4v) is 4.08. The van der Waals surface area contributed by atoms with Gasteiger partial charge in [-0.2, -0.15) is 0 Å². The van der Waals surface area contributed by atoms with Crippen molar-refractivity contribution >= 4 is 21.5 Å². The molecule has 0 aromatic heterocycles. The summed E-state index contributed by atoms with van der Waals surface area (Å²) in [6.07, 6.45) is 7.41. The van der Waals surface area contributed by atoms with Crippen LogP contribution in [0.3, 0.4) is 0 Å². The average molecular weight is 407 g/mol. The van der Waals surface area contributed by atoms with Crippen LogP contribution in [0.5, 0.6) is 11.5 Å². The predicted octanol–water partition coefficient (Wildman–Crippen LogP) is 8.40. The van der Waals surface area contributed by atoms with Gasteiger partial charge in [-0.3, -0.25) is 0 Å². The van der Waals surface area contributed by atoms with Gasteiger partial charge in [-0.25, -0.2) is 0 Å². The molecule has 0 spiro atoms. The minimum atomic E-state index is 0.554. The highest BCUT2D eigenvalue weighted by atomic mass is 16.5. The van der Waals surface area contributed by atoms with Crippen molar-refractivity contribution in [3.63, 3.8) is 0 Å². The molecule has 3 rings (SSSR count). The number of benzene rings is 3. The Morgan fingerprint density at radius 1 is 0.600 bits per heavy atom. The van der Waals surface area contributed by atoms with Crippen LogP contribution in [-0.4, -0.2) is 13.2 Å². The Labute approximate surface area is 182 Å². The minimum Gasteiger partial charge on any atom is -0.492 e. The van der Waals surface area contributed by atoms with Crippen LogP contribution in [0.4, 0.5) is 0 Å². The Morgan fingerprint density at radius 2 is 0.933 bits per heavy atom. The highest BCUT2D eigenvalue weighted by Gasteiger charge is 2.17. The van der Waals surface area contributed by atoms with Crippen LogP contribution in [0.25, 0.3) is 21.5 Å². The topological polar surface area (TPSA) is 18.5 Å². The largest absolute Gasteiger partial charge is 0.492 e. The molecular formula is C28H38O2. The Balaban J connectivity index is 1.96. The standard InChI is InChI=1S/C28H38O2/c1-5-7-13-21(3)19-29-27-23-15-9-11-17-25(23)28(26-18-12-10-16-24(26)27)30-20-22(4)14-8-6-2/h9-12,15-18,21-22H,5-8,13-14,19-20H2,1-4H3. The predicted molar refractivity (Wildman–Crippen MR) is 130 cm³/mol. The lowest BCUT2D eigenvalue weighted by Crippen LogP contribution is -2.11. The lowest BCUT2D eigenvalue weighted by atomic mass is 10.00. The summed E-state index contributed by atoms with van der Waals surface area (Å²) in [5.74, 6) is 3.10. The minimum absolute atomic E-state index is 0.554. The molecule has 3 aromatic rings. The lowest BCUT2D eigenvalue weighted by molar-refractivity contribution is 0.251. The van der Waals surface area contributed by atoms with Gasteiger partial charge >= 0.3 is 0 Å². The first-order valence-electron chi connectivity index (χ1n) is 11.8. The van der Waals surface area contributed by atoms with Gasteiger partial charge in [0.2, 0.25) is 0 Å². The van der Waals surface area contributed by atoms with Crippen LogP contribution in [0.15, 0.2) is 48.5 Å². The molecule has 3 aromatic carbocycles. The van der Waals surface area contributed by atoms with Crippen LogP contribution < -0.4 is 9.47 Å². The van der Waals surface area contributed by atoms with Gasteiger partial charge in [0.05, 0.1) is 13.2 Å². The average Bonchev–Trinajstić information content (AvgIpc) is 2.78. The van der Waals surface area contributed by atoms with Crippen molar-refractivity contribution in [1.82, 2.24) is 0 Å². The van der Waals surface area contributed by atoms with Gasteiger partial charge in [0.15, 0.2) is 0 Å². The highest BCUT2D eigenvalue weighted by molar-refractivity contribution is 6.11. The molecule has 0 saturated carbocycles. The molecule has 162 valence electrons. The van der Waals surface area contributed by atoms with Crippen molar-refractivity contribution in [2.24, 2.45) is 11.8 Å². The molecule has 0 radical (unpaired) electrons. The van der Waals surface area contributed by atoms with E-state index in [9.17, 15) is 0 Å². The Bertz CT molecular complexity index is 797. The Hall–Kier alpha value is -2.22. The van der Waals surface area contributed by atoms with E-state index in [1.54, 1.807) is 0 Å². The summed E-state index contributed by atoms with van der Waals surface area (Å²) in [6, 6.07) is 17.1. The van der Waals surface area contributed by atoms with Gasteiger partial charge in [-0.15, -0.1) is 0 Å². The van der Waals surface area contributed by atoms with Gasteiger partial charge < -0.3 is 9.47 Å². The van der Waals surface area contributed by atoms with E-state index in [1.165, 1.54) is 38.5 Å². The van der Waals surface area contributed by atoms with E-state index in [0.717, 1.165) is 46.3 Å². The molecule has 2 nitrogen and oxygen atoms in total. The van der Waals surface area contributed by atoms with Crippen LogP contribution in [-0.2, 0) is 0 Å². The number of hydrogen-bond donors (Lipinski definition) is 0. The van der Waals surface area contributed by atoms with Crippen molar-refractivity contribution in [2.75, 3.05) is 13.2 Å². The van der Waals surface area contributed by atoms with E-state index in [2.05, 4.69) is 76.2 Å². The highest BCUT2D eigenvalue weighted by Crippen LogP contribution is 2.43. The third-order valence-corrected chi connectivity index (χ3v) is 5.96. The molecule has 0 amide bonds. The molecule has 0 aliphatic carbocycles. The molecule has 2 heteroatoms. The SMILES string of the molecule is CCCCC(C)COc1c2ccccc2c(OCC(C)CCCC)c2ccccc12. The summed E-state index contributed by atoms with van der Waals surface area (Å²) in [4.78, 5) is 0. The summed E-state index contributed by atoms with van der Waals surface area (Å²) < 4.78 is 12.9. The summed E-state index contributed by atoms with van der Waals surface area (Å²) in [5.41, 5.74) is 0. The van der Waals surface area contributed by atoms with E-state index in [4.69, 9.17) is 9.47 Å². The molecule has 0 fully saturated rings. The third-order valence-electron chi connectivity index (χ3n) is 5.96. The first-order valence-corrected chi connectivity index (χ1v) is 11.8. The molecule has 2 unspecified atom stereocenters. The van der Waals surface area contributed by atoms with Gasteiger partial charge in [0, 0.05) is 21.5 Å². The molecule has 30 heavy (non-hydrogen) atoms. The van der Waals surface area contributed by atoms with Crippen LogP contribution in [0, 0.1) is 11.8 Å². The van der Waals surface area contributed by atoms with Gasteiger partial charge in [0.1, 0.15) is 11.5 Å². The first kappa shape index (κ1) is 22.5. The number of rotatable bonds is 12. The second kappa shape index (κ2) is 11.2. The molecule has 2 atom stereocenters. The zero-order chi connectivity index (χ0) is 21.3. The monoisotopic (exact) mass is 406 g/mol. The van der Waals surface area contributed by atoms with Crippen LogP contribution >= 0.6 is 0 Å². The number of ether oxygens (including phenoxy) is 2. The van der Waals surface area contributed by atoms with Crippen molar-refractivity contribution in [2.45, 2.75) is 66.2 Å². The molecule has 0 N–H and O–H groups in total. The summed E-state index contributed by atoms with van der Waals surface area (Å²) in [7, 11) is 0. The second-order valence-electron chi connectivity index (χ2n) is 8.87. The Kier molecular flexibility index (Phi) is 8.42. The molecule has 0 aliphatic heterocycles. The van der Waals surface area contributed by atoms with E-state index < -0.39 is 0 Å². The molecule has 0 bridgehead atoms. The van der Waals surface area contributed by atoms with Gasteiger partial charge in [0.25, 0.3) is 0 Å². The Morgan fingerprint density at radius 3 is 1.23 bits per heavy atom. The van der Waals surface area contributed by atoms with Gasteiger partial charge in [-0.1, -0.05) is 102 Å². The van der Waals surface area contributed by atoms with Crippen LogP contribution in [0.1, 0.15) is 66.2 Å². The summed E-state index contributed by atoms with van der Waals surface area (Å²) in [5, 5.41) is 4.59. The van der Waals surface area contributed by atoms with E-state index in [-0.39, 0.29) is 0 Å². The molecule has 0 aliphatic rings. The zero-order valence-electron chi connectivity index (χ0n) is 19.2. The zero-order valence-corrected chi connectivity index (χ0v) is 19.2. The van der Waals surface area contributed by atoms with Crippen molar-refractivity contribution in [3.05, 3.63) is 48.5 Å². The fraction of sp³-hybridized carbons (Fsp3) is 0.500. The van der Waals surface area contributed by atoms with Crippen molar-refractivity contribution < 1.29 is 9.47 Å². The maximum atomic E-state index is 6.47. The number of fused-ring (bicyclic) bond motifs is 2. The fourth-order valence-electron chi connectivity index (χ4n) is 4.08. The maximum Gasteiger partial charge on any atom is 0.135 e. The molecular weight excluding hydrogens is 368 g/mol. The van der Waals surface area contributed by atoms with Crippen molar-refractivity contribution in [1.29, 1.82) is 0 Å². The quantitative estimate of drug-likeness (QED) is 0.281. The number of hydrogen-bond acceptors (Lipinski definition) is 2. The van der Waals surface area contributed by atoms with Crippen LogP contribution in [0.2, 0.25) is 0 Å². The first-order chi connectivity index (χ1) is 14.7. The van der Waals surface area contributed by atoms with E-state index >= 15 is 0 Å². The number of unbranched alkanes of at least 4 members (excludes halogenated alkanes) is 2. The molecule has 0 saturated heterocycles. The third kappa shape index (κ3) is 5.47. The summed E-state index contributed by atoms with van der Waals surface area (Å²) >= 11 is 0. The van der Waals surface area contributed by atoms with E-state index in [1.807, 2.05) is 0 Å². The summed E-state index contributed by atoms with van der Waals surface area (Å²) in [6.45, 7) is 10.6. The van der Waals surface area contributed by atoms with Gasteiger partial charge in [-0.05, 0) is 24.7 Å². The molecule has 0 heterocycles. The maximum absolute atomic E-state index is 6.47. The smallest absolute Gasteiger partial charge is 0.135 e.